The number of esters is 1. The van der Waals surface area contributed by atoms with Gasteiger partial charge < -0.3 is 30.3 Å². The van der Waals surface area contributed by atoms with Crippen LogP contribution in [0.25, 0.3) is 0 Å². The van der Waals surface area contributed by atoms with Crippen molar-refractivity contribution in [3.63, 3.8) is 0 Å². The fourth-order valence-electron chi connectivity index (χ4n) is 8.83. The zero-order chi connectivity index (χ0) is 56.6. The predicted octanol–water partition coefficient (Wildman–Crippen LogP) is 12.8. The lowest BCUT2D eigenvalue weighted by Gasteiger charge is -2.25. The number of hydrogen-bond acceptors (Lipinski definition) is 9. The van der Waals surface area contributed by atoms with Crippen LogP contribution in [0.5, 0.6) is 0 Å². The number of benzene rings is 4. The van der Waals surface area contributed by atoms with Gasteiger partial charge in [-0.1, -0.05) is 177 Å². The van der Waals surface area contributed by atoms with Gasteiger partial charge in [0.1, 0.15) is 10.8 Å². The summed E-state index contributed by atoms with van der Waals surface area (Å²) in [4.78, 5) is 79.8. The minimum absolute atomic E-state index is 0.120. The second-order valence-electron chi connectivity index (χ2n) is 22.1. The normalized spacial score (nSPS) is 11.5. The van der Waals surface area contributed by atoms with Crippen LogP contribution in [0, 0.1) is 10.8 Å². The summed E-state index contributed by atoms with van der Waals surface area (Å²) in [5.41, 5.74) is 4.71. The molecule has 0 spiro atoms. The highest BCUT2D eigenvalue weighted by Crippen LogP contribution is 2.23. The standard InChI is InChI=1S/C65H93N5O8/c1-8-10-12-14-16-18-20-22-44-77-59(72)49-55-30-26-51(27-31-55)47-52-32-36-56(37-33-52)68-62(75)65(5,6)61(74)67-41-43-70(7)42-40-66-60(73)64(3,4)58(71)48-54-28-24-50(25-29-54)46-53-34-38-57(39-35-53)69-63(76)78-45-23-21-19-17-15-13-11-9-2/h24-39H,8-23,40-49H2,1-7H3,(H,66,73)(H,67,74)(H,68,75)(H,69,76). The van der Waals surface area contributed by atoms with E-state index in [-0.39, 0.29) is 30.5 Å². The molecule has 0 radical (unpaired) electrons. The molecule has 0 saturated carbocycles. The van der Waals surface area contributed by atoms with Crippen molar-refractivity contribution in [2.24, 2.45) is 10.8 Å². The molecule has 4 N–H and O–H groups in total. The van der Waals surface area contributed by atoms with Gasteiger partial charge in [-0.3, -0.25) is 29.3 Å². The molecule has 0 aromatic heterocycles. The van der Waals surface area contributed by atoms with Gasteiger partial charge >= 0.3 is 12.1 Å². The molecule has 0 unspecified atom stereocenters. The molecule has 0 fully saturated rings. The zero-order valence-electron chi connectivity index (χ0n) is 48.3. The maximum Gasteiger partial charge on any atom is 0.411 e. The number of ketones is 1. The molecule has 0 atom stereocenters. The Hall–Kier alpha value is -6.34. The van der Waals surface area contributed by atoms with Crippen molar-refractivity contribution in [2.75, 3.05) is 57.1 Å². The average Bonchev–Trinajstić information content (AvgIpc) is 3.42. The van der Waals surface area contributed by atoms with Gasteiger partial charge in [-0.2, -0.15) is 0 Å². The molecule has 0 bridgehead atoms. The molecular weight excluding hydrogens is 979 g/mol. The molecule has 0 heterocycles. The van der Waals surface area contributed by atoms with Crippen molar-refractivity contribution in [2.45, 2.75) is 170 Å². The molecule has 13 nitrogen and oxygen atoms in total. The molecule has 0 saturated heterocycles. The Bertz CT molecular complexity index is 2250. The summed E-state index contributed by atoms with van der Waals surface area (Å²) in [6, 6.07) is 31.0. The summed E-state index contributed by atoms with van der Waals surface area (Å²) in [5, 5.41) is 11.5. The maximum atomic E-state index is 13.4. The summed E-state index contributed by atoms with van der Waals surface area (Å²) in [6.07, 6.45) is 20.4. The average molecular weight is 1070 g/mol. The van der Waals surface area contributed by atoms with E-state index in [9.17, 15) is 28.8 Å². The van der Waals surface area contributed by atoms with E-state index in [1.165, 1.54) is 77.0 Å². The Morgan fingerprint density at radius 2 is 0.782 bits per heavy atom. The Balaban J connectivity index is 1.07. The molecule has 4 amide bonds. The molecular formula is C65H93N5O8. The number of rotatable bonds is 38. The number of anilines is 2. The first kappa shape index (κ1) is 64.2. The van der Waals surface area contributed by atoms with Crippen LogP contribution in [0.4, 0.5) is 16.2 Å². The van der Waals surface area contributed by atoms with Crippen molar-refractivity contribution in [3.05, 3.63) is 130 Å². The van der Waals surface area contributed by atoms with E-state index >= 15 is 0 Å². The van der Waals surface area contributed by atoms with Crippen LogP contribution in [-0.4, -0.2) is 86.9 Å². The second-order valence-corrected chi connectivity index (χ2v) is 22.1. The molecule has 4 aromatic rings. The third-order valence-electron chi connectivity index (χ3n) is 14.4. The quantitative estimate of drug-likeness (QED) is 0.0194. The number of Topliss-reactive ketones (excluding diaryl/α,β-unsaturated/α-hetero) is 1. The van der Waals surface area contributed by atoms with Crippen molar-refractivity contribution in [1.82, 2.24) is 15.5 Å². The SMILES string of the molecule is CCCCCCCCCCOC(=O)Cc1ccc(Cc2ccc(NC(=O)C(C)(C)C(=O)NCCN(C)CCNC(=O)C(C)(C)C(=O)Cc3ccc(Cc4ccc(NC(=O)OCCCCCCCCCC)cc4)cc3)cc2)cc1. The summed E-state index contributed by atoms with van der Waals surface area (Å²) < 4.78 is 10.8. The Labute approximate surface area is 467 Å². The number of hydrogen-bond donors (Lipinski definition) is 4. The highest BCUT2D eigenvalue weighted by Gasteiger charge is 2.37. The molecule has 426 valence electrons. The largest absolute Gasteiger partial charge is 0.465 e. The zero-order valence-corrected chi connectivity index (χ0v) is 48.3. The van der Waals surface area contributed by atoms with E-state index in [1.807, 2.05) is 109 Å². The van der Waals surface area contributed by atoms with Gasteiger partial charge in [0.05, 0.1) is 19.6 Å². The predicted molar refractivity (Wildman–Crippen MR) is 315 cm³/mol. The van der Waals surface area contributed by atoms with Crippen LogP contribution >= 0.6 is 0 Å². The van der Waals surface area contributed by atoms with Gasteiger partial charge in [0.2, 0.25) is 17.7 Å². The number of unbranched alkanes of at least 4 members (excludes halogenated alkanes) is 14. The number of ether oxygens (including phenoxy) is 2. The molecule has 0 aliphatic carbocycles. The molecule has 0 aliphatic rings. The summed E-state index contributed by atoms with van der Waals surface area (Å²) in [6.45, 7) is 13.4. The number of nitrogens with zero attached hydrogens (tertiary/aromatic N) is 1. The van der Waals surface area contributed by atoms with Crippen LogP contribution < -0.4 is 21.3 Å². The number of likely N-dealkylation sites (N-methyl/N-ethyl adjacent to an activating group) is 1. The number of amides is 4. The lowest BCUT2D eigenvalue weighted by molar-refractivity contribution is -0.143. The van der Waals surface area contributed by atoms with E-state index in [0.29, 0.717) is 63.6 Å². The second kappa shape index (κ2) is 35.2. The third kappa shape index (κ3) is 24.5. The number of carbonyl (C=O) groups excluding carboxylic acids is 6. The van der Waals surface area contributed by atoms with Gasteiger partial charge in [0.15, 0.2) is 5.78 Å². The van der Waals surface area contributed by atoms with E-state index < -0.39 is 28.7 Å². The molecule has 4 aromatic carbocycles. The van der Waals surface area contributed by atoms with Gasteiger partial charge in [0.25, 0.3) is 0 Å². The molecule has 0 aliphatic heterocycles. The third-order valence-corrected chi connectivity index (χ3v) is 14.4. The highest BCUT2D eigenvalue weighted by atomic mass is 16.5. The number of carbonyl (C=O) groups is 6. The molecule has 4 rings (SSSR count). The molecule has 78 heavy (non-hydrogen) atoms. The monoisotopic (exact) mass is 1070 g/mol. The number of nitrogens with one attached hydrogen (secondary N) is 4. The fraction of sp³-hybridized carbons (Fsp3) is 0.538. The lowest BCUT2D eigenvalue weighted by Crippen LogP contribution is -2.47. The Morgan fingerprint density at radius 1 is 0.423 bits per heavy atom. The van der Waals surface area contributed by atoms with Gasteiger partial charge in [0, 0.05) is 44.0 Å². The van der Waals surface area contributed by atoms with Crippen LogP contribution in [0.15, 0.2) is 97.1 Å². The first-order valence-corrected chi connectivity index (χ1v) is 29.0. The van der Waals surface area contributed by atoms with Gasteiger partial charge in [-0.05, 0) is 118 Å². The smallest absolute Gasteiger partial charge is 0.411 e. The first-order valence-electron chi connectivity index (χ1n) is 29.0. The highest BCUT2D eigenvalue weighted by molar-refractivity contribution is 6.10. The summed E-state index contributed by atoms with van der Waals surface area (Å²) in [5.74, 6) is -1.57. The van der Waals surface area contributed by atoms with Crippen molar-refractivity contribution >= 4 is 46.9 Å². The van der Waals surface area contributed by atoms with Crippen LogP contribution in [-0.2, 0) is 59.1 Å². The first-order chi connectivity index (χ1) is 37.5. The summed E-state index contributed by atoms with van der Waals surface area (Å²) in [7, 11) is 1.87. The minimum atomic E-state index is -1.34. The van der Waals surface area contributed by atoms with Crippen molar-refractivity contribution < 1.29 is 38.2 Å². The molecule has 13 heteroatoms. The van der Waals surface area contributed by atoms with Crippen LogP contribution in [0.3, 0.4) is 0 Å². The maximum absolute atomic E-state index is 13.4. The topological polar surface area (TPSA) is 172 Å². The van der Waals surface area contributed by atoms with E-state index in [4.69, 9.17) is 9.47 Å². The lowest BCUT2D eigenvalue weighted by atomic mass is 9.83. The Morgan fingerprint density at radius 3 is 1.23 bits per heavy atom. The van der Waals surface area contributed by atoms with E-state index in [2.05, 4.69) is 35.1 Å². The van der Waals surface area contributed by atoms with Crippen LogP contribution in [0.2, 0.25) is 0 Å². The van der Waals surface area contributed by atoms with Crippen LogP contribution in [0.1, 0.15) is 178 Å². The van der Waals surface area contributed by atoms with Gasteiger partial charge in [-0.15, -0.1) is 0 Å². The van der Waals surface area contributed by atoms with E-state index in [1.54, 1.807) is 27.7 Å². The van der Waals surface area contributed by atoms with Gasteiger partial charge in [-0.25, -0.2) is 4.79 Å². The minimum Gasteiger partial charge on any atom is -0.465 e. The van der Waals surface area contributed by atoms with Crippen molar-refractivity contribution in [1.29, 1.82) is 0 Å². The van der Waals surface area contributed by atoms with E-state index in [0.717, 1.165) is 59.1 Å². The van der Waals surface area contributed by atoms with Crippen molar-refractivity contribution in [3.8, 4) is 0 Å². The Kier molecular flexibility index (Phi) is 29.0. The fourth-order valence-corrected chi connectivity index (χ4v) is 8.83. The summed E-state index contributed by atoms with van der Waals surface area (Å²) >= 11 is 0.